The third-order valence-electron chi connectivity index (χ3n) is 4.89. The van der Waals surface area contributed by atoms with Crippen molar-refractivity contribution in [1.82, 2.24) is 20.2 Å². The lowest BCUT2D eigenvalue weighted by atomic mass is 9.99. The number of fused-ring (bicyclic) bond motifs is 1. The molecule has 0 spiro atoms. The van der Waals surface area contributed by atoms with Gasteiger partial charge in [-0.15, -0.1) is 24.8 Å². The first kappa shape index (κ1) is 22.4. The first-order chi connectivity index (χ1) is 11.4. The molecule has 0 amide bonds. The van der Waals surface area contributed by atoms with E-state index in [1.54, 1.807) is 13.4 Å². The number of piperidine rings is 1. The number of anilines is 1. The minimum atomic E-state index is 0. The smallest absolute Gasteiger partial charge is 0.132 e. The van der Waals surface area contributed by atoms with Gasteiger partial charge in [-0.1, -0.05) is 0 Å². The summed E-state index contributed by atoms with van der Waals surface area (Å²) in [5.74, 6) is 1.79. The highest BCUT2D eigenvalue weighted by Crippen LogP contribution is 2.21. The minimum absolute atomic E-state index is 0. The second kappa shape index (κ2) is 11.9. The van der Waals surface area contributed by atoms with Crippen molar-refractivity contribution in [2.45, 2.75) is 25.7 Å². The predicted molar refractivity (Wildman–Crippen MR) is 106 cm³/mol. The lowest BCUT2D eigenvalue weighted by molar-refractivity contribution is 0.210. The van der Waals surface area contributed by atoms with Gasteiger partial charge in [0.25, 0.3) is 0 Å². The van der Waals surface area contributed by atoms with Crippen LogP contribution in [0.1, 0.15) is 24.1 Å². The van der Waals surface area contributed by atoms with Crippen molar-refractivity contribution in [3.05, 3.63) is 17.6 Å². The zero-order valence-corrected chi connectivity index (χ0v) is 16.6. The van der Waals surface area contributed by atoms with Crippen LogP contribution in [-0.2, 0) is 17.6 Å². The summed E-state index contributed by atoms with van der Waals surface area (Å²) in [5.41, 5.74) is 2.51. The Morgan fingerprint density at radius 1 is 1.28 bits per heavy atom. The van der Waals surface area contributed by atoms with Gasteiger partial charge in [0.15, 0.2) is 0 Å². The number of methoxy groups -OCH3 is 1. The predicted octanol–water partition coefficient (Wildman–Crippen LogP) is 1.78. The molecule has 144 valence electrons. The van der Waals surface area contributed by atoms with Crippen LogP contribution in [0.2, 0.25) is 0 Å². The normalized spacial score (nSPS) is 20.6. The summed E-state index contributed by atoms with van der Waals surface area (Å²) in [5, 5.41) is 6.92. The Balaban J connectivity index is 0.00000156. The molecule has 25 heavy (non-hydrogen) atoms. The molecular weight excluding hydrogens is 361 g/mol. The third kappa shape index (κ3) is 6.53. The Morgan fingerprint density at radius 2 is 2.12 bits per heavy atom. The van der Waals surface area contributed by atoms with E-state index in [4.69, 9.17) is 4.74 Å². The molecular formula is C17H31Cl2N5O. The Bertz CT molecular complexity index is 500. The van der Waals surface area contributed by atoms with E-state index in [-0.39, 0.29) is 24.8 Å². The Kier molecular flexibility index (Phi) is 10.6. The summed E-state index contributed by atoms with van der Waals surface area (Å²) in [4.78, 5) is 11.6. The highest BCUT2D eigenvalue weighted by atomic mass is 35.5. The molecule has 6 nitrogen and oxygen atoms in total. The van der Waals surface area contributed by atoms with Gasteiger partial charge >= 0.3 is 0 Å². The zero-order chi connectivity index (χ0) is 15.9. The van der Waals surface area contributed by atoms with Crippen molar-refractivity contribution in [3.8, 4) is 0 Å². The molecule has 1 fully saturated rings. The maximum absolute atomic E-state index is 5.11. The molecule has 2 N–H and O–H groups in total. The van der Waals surface area contributed by atoms with E-state index >= 15 is 0 Å². The third-order valence-corrected chi connectivity index (χ3v) is 4.89. The summed E-state index contributed by atoms with van der Waals surface area (Å²) in [6, 6.07) is 0. The van der Waals surface area contributed by atoms with Crippen LogP contribution in [0.4, 0.5) is 5.82 Å². The highest BCUT2D eigenvalue weighted by molar-refractivity contribution is 5.85. The fourth-order valence-electron chi connectivity index (χ4n) is 3.62. The summed E-state index contributed by atoms with van der Waals surface area (Å²) < 4.78 is 5.11. The summed E-state index contributed by atoms with van der Waals surface area (Å²) in [6.45, 7) is 7.27. The number of ether oxygens (including phenoxy) is 1. The Labute approximate surface area is 163 Å². The maximum atomic E-state index is 5.11. The minimum Gasteiger partial charge on any atom is -0.383 e. The quantitative estimate of drug-likeness (QED) is 0.720. The molecule has 2 aliphatic rings. The van der Waals surface area contributed by atoms with Gasteiger partial charge in [-0.25, -0.2) is 9.97 Å². The molecule has 1 aromatic rings. The molecule has 1 saturated heterocycles. The van der Waals surface area contributed by atoms with Crippen molar-refractivity contribution in [2.24, 2.45) is 5.92 Å². The molecule has 0 bridgehead atoms. The molecule has 1 aromatic heterocycles. The van der Waals surface area contributed by atoms with E-state index in [0.717, 1.165) is 44.2 Å². The number of rotatable bonds is 6. The van der Waals surface area contributed by atoms with Gasteiger partial charge in [-0.3, -0.25) is 0 Å². The lowest BCUT2D eigenvalue weighted by Gasteiger charge is -2.29. The van der Waals surface area contributed by atoms with Crippen LogP contribution in [0, 0.1) is 5.92 Å². The largest absolute Gasteiger partial charge is 0.383 e. The van der Waals surface area contributed by atoms with Gasteiger partial charge in [-0.05, 0) is 38.3 Å². The Morgan fingerprint density at radius 3 is 2.88 bits per heavy atom. The van der Waals surface area contributed by atoms with Crippen molar-refractivity contribution >= 4 is 30.6 Å². The van der Waals surface area contributed by atoms with Crippen LogP contribution >= 0.6 is 24.8 Å². The standard InChI is InChI=1S/C17H29N5O.2ClH/c1-23-10-7-19-17-15-4-8-22(9-5-16(15)20-13-21-17)12-14-3-2-6-18-11-14;;/h13-14,18H,2-12H2,1H3,(H,19,20,21);2*1H. The first-order valence-electron chi connectivity index (χ1n) is 8.85. The van der Waals surface area contributed by atoms with E-state index in [9.17, 15) is 0 Å². The molecule has 0 radical (unpaired) electrons. The number of nitrogens with zero attached hydrogens (tertiary/aromatic N) is 3. The zero-order valence-electron chi connectivity index (χ0n) is 15.0. The highest BCUT2D eigenvalue weighted by Gasteiger charge is 2.21. The van der Waals surface area contributed by atoms with Crippen molar-refractivity contribution in [3.63, 3.8) is 0 Å². The van der Waals surface area contributed by atoms with Crippen molar-refractivity contribution in [1.29, 1.82) is 0 Å². The number of halogens is 2. The van der Waals surface area contributed by atoms with Gasteiger partial charge in [0.2, 0.25) is 0 Å². The van der Waals surface area contributed by atoms with Crippen LogP contribution < -0.4 is 10.6 Å². The van der Waals surface area contributed by atoms with E-state index in [0.29, 0.717) is 6.61 Å². The van der Waals surface area contributed by atoms with Gasteiger partial charge in [-0.2, -0.15) is 0 Å². The fraction of sp³-hybridized carbons (Fsp3) is 0.765. The average molecular weight is 392 g/mol. The van der Waals surface area contributed by atoms with Gasteiger partial charge < -0.3 is 20.3 Å². The average Bonchev–Trinajstić information content (AvgIpc) is 2.79. The SMILES string of the molecule is COCCNc1ncnc2c1CCN(CC1CCCNC1)CC2.Cl.Cl. The van der Waals surface area contributed by atoms with Crippen LogP contribution in [0.15, 0.2) is 6.33 Å². The molecule has 3 rings (SSSR count). The summed E-state index contributed by atoms with van der Waals surface area (Å²) in [7, 11) is 1.72. The molecule has 0 saturated carbocycles. The van der Waals surface area contributed by atoms with Crippen molar-refractivity contribution in [2.75, 3.05) is 58.3 Å². The lowest BCUT2D eigenvalue weighted by Crippen LogP contribution is -2.39. The molecule has 3 heterocycles. The van der Waals surface area contributed by atoms with Gasteiger partial charge in [0.05, 0.1) is 12.3 Å². The second-order valence-corrected chi connectivity index (χ2v) is 6.58. The molecule has 1 unspecified atom stereocenters. The van der Waals surface area contributed by atoms with Crippen LogP contribution in [0.5, 0.6) is 0 Å². The number of nitrogens with one attached hydrogen (secondary N) is 2. The molecule has 8 heteroatoms. The molecule has 0 aromatic carbocycles. The fourth-order valence-corrected chi connectivity index (χ4v) is 3.62. The monoisotopic (exact) mass is 391 g/mol. The molecule has 0 aliphatic carbocycles. The second-order valence-electron chi connectivity index (χ2n) is 6.58. The van der Waals surface area contributed by atoms with Gasteiger partial charge in [0, 0.05) is 45.3 Å². The topological polar surface area (TPSA) is 62.3 Å². The van der Waals surface area contributed by atoms with Crippen LogP contribution in [-0.4, -0.2) is 67.9 Å². The van der Waals surface area contributed by atoms with E-state index in [1.165, 1.54) is 43.7 Å². The maximum Gasteiger partial charge on any atom is 0.132 e. The first-order valence-corrected chi connectivity index (χ1v) is 8.85. The number of hydrogen-bond donors (Lipinski definition) is 2. The van der Waals surface area contributed by atoms with Crippen molar-refractivity contribution < 1.29 is 4.74 Å². The van der Waals surface area contributed by atoms with Crippen LogP contribution in [0.3, 0.4) is 0 Å². The van der Waals surface area contributed by atoms with E-state index < -0.39 is 0 Å². The molecule has 1 atom stereocenters. The summed E-state index contributed by atoms with van der Waals surface area (Å²) >= 11 is 0. The van der Waals surface area contributed by atoms with Crippen LogP contribution in [0.25, 0.3) is 0 Å². The van der Waals surface area contributed by atoms with E-state index in [1.807, 2.05) is 0 Å². The number of hydrogen-bond acceptors (Lipinski definition) is 6. The summed E-state index contributed by atoms with van der Waals surface area (Å²) in [6.07, 6.45) is 6.43. The van der Waals surface area contributed by atoms with E-state index in [2.05, 4.69) is 25.5 Å². The molecule has 2 aliphatic heterocycles. The van der Waals surface area contributed by atoms with Gasteiger partial charge in [0.1, 0.15) is 12.1 Å². The number of aromatic nitrogens is 2. The Hall–Kier alpha value is -0.660.